The molecule has 2 aliphatic heterocycles. The van der Waals surface area contributed by atoms with Crippen LogP contribution in [0.5, 0.6) is 0 Å². The Bertz CT molecular complexity index is 930. The minimum atomic E-state index is -0.884. The van der Waals surface area contributed by atoms with Crippen LogP contribution in [0.1, 0.15) is 23.7 Å². The molecule has 0 N–H and O–H groups in total. The summed E-state index contributed by atoms with van der Waals surface area (Å²) in [7, 11) is 0. The number of nitrogens with zero attached hydrogens (tertiary/aromatic N) is 2. The van der Waals surface area contributed by atoms with Gasteiger partial charge >= 0.3 is 5.97 Å². The third-order valence-electron chi connectivity index (χ3n) is 4.81. The molecule has 144 valence electrons. The van der Waals surface area contributed by atoms with Gasteiger partial charge in [0.05, 0.1) is 11.3 Å². The summed E-state index contributed by atoms with van der Waals surface area (Å²) in [5, 5.41) is 11.3. The highest BCUT2D eigenvalue weighted by molar-refractivity contribution is 6.30. The van der Waals surface area contributed by atoms with Gasteiger partial charge in [-0.1, -0.05) is 23.7 Å². The van der Waals surface area contributed by atoms with Gasteiger partial charge in [-0.25, -0.2) is 4.79 Å². The number of carbonyl (C=O) groups is 2. The highest BCUT2D eigenvalue weighted by Crippen LogP contribution is 2.42. The fourth-order valence-corrected chi connectivity index (χ4v) is 3.47. The van der Waals surface area contributed by atoms with E-state index in [4.69, 9.17) is 21.1 Å². The zero-order valence-corrected chi connectivity index (χ0v) is 15.2. The van der Waals surface area contributed by atoms with Gasteiger partial charge in [0, 0.05) is 17.2 Å². The second-order valence-corrected chi connectivity index (χ2v) is 6.98. The molecule has 0 aromatic heterocycles. The molecule has 1 amide bonds. The highest BCUT2D eigenvalue weighted by Gasteiger charge is 2.56. The van der Waals surface area contributed by atoms with Gasteiger partial charge in [-0.15, -0.1) is 0 Å². The molecule has 2 aromatic carbocycles. The number of β-lactam (4-membered cyclic amide) rings is 1. The van der Waals surface area contributed by atoms with E-state index in [9.17, 15) is 19.7 Å². The van der Waals surface area contributed by atoms with Crippen molar-refractivity contribution < 1.29 is 24.0 Å². The zero-order valence-electron chi connectivity index (χ0n) is 14.5. The molecule has 0 aliphatic carbocycles. The van der Waals surface area contributed by atoms with Gasteiger partial charge in [-0.2, -0.15) is 0 Å². The molecular weight excluding hydrogens is 388 g/mol. The number of non-ortho nitro benzene ring substituents is 1. The Labute approximate surface area is 164 Å². The number of halogens is 1. The molecule has 0 saturated carbocycles. The minimum Gasteiger partial charge on any atom is -0.459 e. The smallest absolute Gasteiger partial charge is 0.332 e. The molecule has 2 fully saturated rings. The summed E-state index contributed by atoms with van der Waals surface area (Å²) in [5.41, 5.74) is 1.28. The Balaban J connectivity index is 1.49. The SMILES string of the molecule is O=C(OCc1ccc([N+](=O)[O-])cc1)[C@H]1[C@H](c2ccc(Cl)cc2)O[C@@H]2CC(=O)N21. The lowest BCUT2D eigenvalue weighted by Gasteiger charge is -2.35. The van der Waals surface area contributed by atoms with Crippen molar-refractivity contribution in [1.29, 1.82) is 0 Å². The topological polar surface area (TPSA) is 99.0 Å². The Morgan fingerprint density at radius 3 is 2.50 bits per heavy atom. The summed E-state index contributed by atoms with van der Waals surface area (Å²) in [6.07, 6.45) is -0.848. The number of hydrogen-bond acceptors (Lipinski definition) is 6. The van der Waals surface area contributed by atoms with Crippen LogP contribution in [-0.4, -0.2) is 34.0 Å². The van der Waals surface area contributed by atoms with E-state index in [-0.39, 0.29) is 24.6 Å². The molecular formula is C19H15ClN2O6. The Morgan fingerprint density at radius 1 is 1.21 bits per heavy atom. The standard InChI is InChI=1S/C19H15ClN2O6/c20-13-5-3-12(4-6-13)18-17(21-15(23)9-16(21)28-18)19(24)27-10-11-1-7-14(8-2-11)22(25)26/h1-8,16-18H,9-10H2/t16-,17-,18+/m1/s1. The number of benzene rings is 2. The number of nitro groups is 1. The maximum absolute atomic E-state index is 12.7. The number of amides is 1. The number of fused-ring (bicyclic) bond motifs is 1. The van der Waals surface area contributed by atoms with Crippen molar-refractivity contribution in [2.75, 3.05) is 0 Å². The van der Waals surface area contributed by atoms with E-state index in [0.717, 1.165) is 5.56 Å². The van der Waals surface area contributed by atoms with E-state index < -0.39 is 29.3 Å². The molecule has 2 heterocycles. The Kier molecular flexibility index (Phi) is 4.74. The first kappa shape index (κ1) is 18.4. The third kappa shape index (κ3) is 3.32. The fraction of sp³-hybridized carbons (Fsp3) is 0.263. The molecule has 4 rings (SSSR count). The predicted molar refractivity (Wildman–Crippen MR) is 97.2 cm³/mol. The minimum absolute atomic E-state index is 0.0453. The van der Waals surface area contributed by atoms with Gasteiger partial charge in [0.1, 0.15) is 18.9 Å². The van der Waals surface area contributed by atoms with Crippen molar-refractivity contribution in [2.24, 2.45) is 0 Å². The molecule has 0 unspecified atom stereocenters. The lowest BCUT2D eigenvalue weighted by atomic mass is 10.0. The molecule has 0 bridgehead atoms. The molecule has 9 heteroatoms. The molecule has 8 nitrogen and oxygen atoms in total. The molecule has 2 saturated heterocycles. The van der Waals surface area contributed by atoms with Gasteiger partial charge in [0.2, 0.25) is 5.91 Å². The van der Waals surface area contributed by atoms with Crippen LogP contribution in [0.2, 0.25) is 5.02 Å². The van der Waals surface area contributed by atoms with Crippen LogP contribution >= 0.6 is 11.6 Å². The number of nitro benzene ring substituents is 1. The van der Waals surface area contributed by atoms with E-state index in [1.165, 1.54) is 29.2 Å². The number of carbonyl (C=O) groups excluding carboxylic acids is 2. The van der Waals surface area contributed by atoms with Crippen LogP contribution in [0.4, 0.5) is 5.69 Å². The maximum Gasteiger partial charge on any atom is 0.332 e. The average molecular weight is 403 g/mol. The van der Waals surface area contributed by atoms with E-state index in [2.05, 4.69) is 0 Å². The van der Waals surface area contributed by atoms with Crippen LogP contribution in [0, 0.1) is 10.1 Å². The maximum atomic E-state index is 12.7. The van der Waals surface area contributed by atoms with Crippen molar-refractivity contribution in [3.8, 4) is 0 Å². The quantitative estimate of drug-likeness (QED) is 0.330. The van der Waals surface area contributed by atoms with Crippen LogP contribution < -0.4 is 0 Å². The van der Waals surface area contributed by atoms with Crippen molar-refractivity contribution in [2.45, 2.75) is 31.4 Å². The first-order chi connectivity index (χ1) is 13.4. The first-order valence-electron chi connectivity index (χ1n) is 8.56. The average Bonchev–Trinajstić information content (AvgIpc) is 3.00. The number of hydrogen-bond donors (Lipinski definition) is 0. The normalized spacial score (nSPS) is 23.1. The lowest BCUT2D eigenvalue weighted by Crippen LogP contribution is -2.55. The number of rotatable bonds is 5. The molecule has 28 heavy (non-hydrogen) atoms. The number of ether oxygens (including phenoxy) is 2. The van der Waals surface area contributed by atoms with Crippen LogP contribution in [0.3, 0.4) is 0 Å². The molecule has 0 spiro atoms. The summed E-state index contributed by atoms with van der Waals surface area (Å²) in [5.74, 6) is -0.757. The van der Waals surface area contributed by atoms with Crippen LogP contribution in [-0.2, 0) is 25.7 Å². The Morgan fingerprint density at radius 2 is 1.89 bits per heavy atom. The lowest BCUT2D eigenvalue weighted by molar-refractivity contribution is -0.384. The molecule has 3 atom stereocenters. The molecule has 2 aromatic rings. The fourth-order valence-electron chi connectivity index (χ4n) is 3.34. The second kappa shape index (κ2) is 7.21. The summed E-state index contributed by atoms with van der Waals surface area (Å²) in [4.78, 5) is 36.3. The van der Waals surface area contributed by atoms with Crippen LogP contribution in [0.25, 0.3) is 0 Å². The van der Waals surface area contributed by atoms with Crippen molar-refractivity contribution >= 4 is 29.2 Å². The third-order valence-corrected chi connectivity index (χ3v) is 5.06. The van der Waals surface area contributed by atoms with Crippen molar-refractivity contribution in [3.05, 3.63) is 74.8 Å². The van der Waals surface area contributed by atoms with Gasteiger partial charge in [-0.3, -0.25) is 19.8 Å². The Hall–Kier alpha value is -2.97. The van der Waals surface area contributed by atoms with E-state index >= 15 is 0 Å². The van der Waals surface area contributed by atoms with E-state index in [1.54, 1.807) is 24.3 Å². The second-order valence-electron chi connectivity index (χ2n) is 6.54. The summed E-state index contributed by atoms with van der Waals surface area (Å²) >= 11 is 5.92. The van der Waals surface area contributed by atoms with E-state index in [1.807, 2.05) is 0 Å². The zero-order chi connectivity index (χ0) is 19.8. The number of esters is 1. The highest BCUT2D eigenvalue weighted by atomic mass is 35.5. The summed E-state index contributed by atoms with van der Waals surface area (Å²) in [6.45, 7) is -0.0621. The summed E-state index contributed by atoms with van der Waals surface area (Å²) in [6, 6.07) is 11.7. The van der Waals surface area contributed by atoms with Crippen LogP contribution in [0.15, 0.2) is 48.5 Å². The van der Waals surface area contributed by atoms with E-state index in [0.29, 0.717) is 10.6 Å². The largest absolute Gasteiger partial charge is 0.459 e. The van der Waals surface area contributed by atoms with Gasteiger partial charge in [0.15, 0.2) is 6.04 Å². The molecule has 2 aliphatic rings. The van der Waals surface area contributed by atoms with Gasteiger partial charge < -0.3 is 9.47 Å². The van der Waals surface area contributed by atoms with Crippen molar-refractivity contribution in [1.82, 2.24) is 4.90 Å². The predicted octanol–water partition coefficient (Wildman–Crippen LogP) is 2.99. The van der Waals surface area contributed by atoms with Gasteiger partial charge in [0.25, 0.3) is 5.69 Å². The first-order valence-corrected chi connectivity index (χ1v) is 8.94. The van der Waals surface area contributed by atoms with Crippen molar-refractivity contribution in [3.63, 3.8) is 0 Å². The monoisotopic (exact) mass is 402 g/mol. The molecule has 0 radical (unpaired) electrons. The van der Waals surface area contributed by atoms with Gasteiger partial charge in [-0.05, 0) is 35.4 Å². The summed E-state index contributed by atoms with van der Waals surface area (Å²) < 4.78 is 11.3.